The lowest BCUT2D eigenvalue weighted by Crippen LogP contribution is -2.06. The third-order valence-corrected chi connectivity index (χ3v) is 5.06. The Bertz CT molecular complexity index is 809. The van der Waals surface area contributed by atoms with E-state index in [4.69, 9.17) is 21.3 Å². The number of methoxy groups -OCH3 is 1. The maximum atomic E-state index is 5.72. The SMILES string of the molecule is COc1cccc2c(NCCSCCCl)c3ccccc3nc12. The minimum Gasteiger partial charge on any atom is -0.494 e. The highest BCUT2D eigenvalue weighted by molar-refractivity contribution is 7.99. The van der Waals surface area contributed by atoms with Gasteiger partial charge in [0.15, 0.2) is 0 Å². The van der Waals surface area contributed by atoms with Crippen molar-refractivity contribution in [3.8, 4) is 5.75 Å². The fraction of sp³-hybridized carbons (Fsp3) is 0.278. The number of aromatic nitrogens is 1. The summed E-state index contributed by atoms with van der Waals surface area (Å²) >= 11 is 7.58. The number of rotatable bonds is 7. The van der Waals surface area contributed by atoms with E-state index in [0.717, 1.165) is 51.3 Å². The Morgan fingerprint density at radius 3 is 2.74 bits per heavy atom. The standard InChI is InChI=1S/C18H19ClN2OS/c1-22-16-8-4-6-14-17(20-10-12-23-11-9-19)13-5-2-3-7-15(13)21-18(14)16/h2-8H,9-12H2,1H3,(H,20,21). The van der Waals surface area contributed by atoms with Gasteiger partial charge in [-0.25, -0.2) is 4.98 Å². The molecule has 0 saturated carbocycles. The summed E-state index contributed by atoms with van der Waals surface area (Å²) in [5, 5.41) is 5.80. The molecule has 0 unspecified atom stereocenters. The molecule has 0 fully saturated rings. The van der Waals surface area contributed by atoms with Crippen LogP contribution < -0.4 is 10.1 Å². The van der Waals surface area contributed by atoms with Gasteiger partial charge in [0.05, 0.1) is 18.3 Å². The maximum Gasteiger partial charge on any atom is 0.145 e. The van der Waals surface area contributed by atoms with Crippen LogP contribution in [0.25, 0.3) is 21.8 Å². The zero-order valence-corrected chi connectivity index (χ0v) is 14.6. The fourth-order valence-electron chi connectivity index (χ4n) is 2.65. The normalized spacial score (nSPS) is 11.0. The molecule has 0 radical (unpaired) electrons. The lowest BCUT2D eigenvalue weighted by molar-refractivity contribution is 0.419. The van der Waals surface area contributed by atoms with Gasteiger partial charge in [-0.3, -0.25) is 0 Å². The number of para-hydroxylation sites is 2. The van der Waals surface area contributed by atoms with Gasteiger partial charge < -0.3 is 10.1 Å². The van der Waals surface area contributed by atoms with E-state index in [1.54, 1.807) is 7.11 Å². The van der Waals surface area contributed by atoms with Crippen LogP contribution in [0, 0.1) is 0 Å². The van der Waals surface area contributed by atoms with E-state index in [0.29, 0.717) is 5.88 Å². The van der Waals surface area contributed by atoms with Crippen molar-refractivity contribution in [2.45, 2.75) is 0 Å². The number of nitrogens with one attached hydrogen (secondary N) is 1. The molecule has 0 aliphatic heterocycles. The molecule has 0 spiro atoms. The van der Waals surface area contributed by atoms with Crippen LogP contribution in [-0.2, 0) is 0 Å². The summed E-state index contributed by atoms with van der Waals surface area (Å²) in [4.78, 5) is 4.78. The van der Waals surface area contributed by atoms with Crippen LogP contribution in [0.3, 0.4) is 0 Å². The summed E-state index contributed by atoms with van der Waals surface area (Å²) in [5.74, 6) is 3.50. The first-order valence-corrected chi connectivity index (χ1v) is 9.27. The van der Waals surface area contributed by atoms with Crippen molar-refractivity contribution in [1.29, 1.82) is 0 Å². The number of nitrogens with zero attached hydrogens (tertiary/aromatic N) is 1. The lowest BCUT2D eigenvalue weighted by atomic mass is 10.1. The van der Waals surface area contributed by atoms with Gasteiger partial charge in [-0.05, 0) is 12.1 Å². The zero-order valence-electron chi connectivity index (χ0n) is 13.0. The van der Waals surface area contributed by atoms with Crippen molar-refractivity contribution in [3.05, 3.63) is 42.5 Å². The summed E-state index contributed by atoms with van der Waals surface area (Å²) < 4.78 is 5.48. The Morgan fingerprint density at radius 2 is 1.91 bits per heavy atom. The molecule has 0 aliphatic carbocycles. The van der Waals surface area contributed by atoms with E-state index in [1.807, 2.05) is 42.1 Å². The van der Waals surface area contributed by atoms with Gasteiger partial charge in [-0.15, -0.1) is 11.6 Å². The molecule has 3 rings (SSSR count). The topological polar surface area (TPSA) is 34.1 Å². The minimum atomic E-state index is 0.697. The van der Waals surface area contributed by atoms with Gasteiger partial charge in [0.1, 0.15) is 11.3 Å². The van der Waals surface area contributed by atoms with E-state index < -0.39 is 0 Å². The number of thioether (sulfide) groups is 1. The van der Waals surface area contributed by atoms with Gasteiger partial charge in [-0.1, -0.05) is 30.3 Å². The van der Waals surface area contributed by atoms with Gasteiger partial charge >= 0.3 is 0 Å². The summed E-state index contributed by atoms with van der Waals surface area (Å²) in [6, 6.07) is 14.2. The van der Waals surface area contributed by atoms with Crippen molar-refractivity contribution in [2.24, 2.45) is 0 Å². The molecule has 120 valence electrons. The molecule has 1 N–H and O–H groups in total. The van der Waals surface area contributed by atoms with Crippen LogP contribution in [0.4, 0.5) is 5.69 Å². The van der Waals surface area contributed by atoms with Crippen molar-refractivity contribution in [2.75, 3.05) is 36.4 Å². The van der Waals surface area contributed by atoms with Crippen LogP contribution in [-0.4, -0.2) is 36.0 Å². The fourth-order valence-corrected chi connectivity index (χ4v) is 3.53. The predicted molar refractivity (Wildman–Crippen MR) is 102 cm³/mol. The number of ether oxygens (including phenoxy) is 1. The Kier molecular flexibility index (Phi) is 5.47. The van der Waals surface area contributed by atoms with Crippen molar-refractivity contribution in [3.63, 3.8) is 0 Å². The van der Waals surface area contributed by atoms with E-state index in [9.17, 15) is 0 Å². The van der Waals surface area contributed by atoms with Crippen LogP contribution in [0.15, 0.2) is 42.5 Å². The van der Waals surface area contributed by atoms with Crippen LogP contribution in [0.2, 0.25) is 0 Å². The van der Waals surface area contributed by atoms with E-state index in [-0.39, 0.29) is 0 Å². The molecule has 0 bridgehead atoms. The summed E-state index contributed by atoms with van der Waals surface area (Å²) in [6.45, 7) is 0.891. The highest BCUT2D eigenvalue weighted by Gasteiger charge is 2.11. The molecule has 0 aliphatic rings. The quantitative estimate of drug-likeness (QED) is 0.379. The van der Waals surface area contributed by atoms with Gasteiger partial charge in [-0.2, -0.15) is 11.8 Å². The molecule has 0 atom stereocenters. The summed E-state index contributed by atoms with van der Waals surface area (Å²) in [6.07, 6.45) is 0. The number of hydrogen-bond donors (Lipinski definition) is 1. The van der Waals surface area contributed by atoms with Crippen LogP contribution in [0.1, 0.15) is 0 Å². The monoisotopic (exact) mass is 346 g/mol. The Morgan fingerprint density at radius 1 is 1.09 bits per heavy atom. The Balaban J connectivity index is 2.04. The summed E-state index contributed by atoms with van der Waals surface area (Å²) in [7, 11) is 1.68. The minimum absolute atomic E-state index is 0.697. The van der Waals surface area contributed by atoms with Crippen molar-refractivity contribution in [1.82, 2.24) is 4.98 Å². The molecule has 5 heteroatoms. The number of alkyl halides is 1. The molecule has 23 heavy (non-hydrogen) atoms. The Labute approximate surface area is 145 Å². The number of benzene rings is 2. The molecule has 1 heterocycles. The molecule has 3 aromatic rings. The maximum absolute atomic E-state index is 5.72. The molecular weight excluding hydrogens is 328 g/mol. The van der Waals surface area contributed by atoms with Gasteiger partial charge in [0.2, 0.25) is 0 Å². The smallest absolute Gasteiger partial charge is 0.145 e. The largest absolute Gasteiger partial charge is 0.494 e. The first-order valence-electron chi connectivity index (χ1n) is 7.58. The lowest BCUT2D eigenvalue weighted by Gasteiger charge is -2.14. The zero-order chi connectivity index (χ0) is 16.1. The second-order valence-corrected chi connectivity index (χ2v) is 6.69. The van der Waals surface area contributed by atoms with Crippen LogP contribution >= 0.6 is 23.4 Å². The molecule has 2 aromatic carbocycles. The van der Waals surface area contributed by atoms with E-state index in [1.165, 1.54) is 0 Å². The Hall–Kier alpha value is -1.65. The molecule has 0 amide bonds. The van der Waals surface area contributed by atoms with Crippen molar-refractivity contribution < 1.29 is 4.74 Å². The molecule has 0 saturated heterocycles. The average Bonchev–Trinajstić information content (AvgIpc) is 2.60. The molecule has 1 aromatic heterocycles. The van der Waals surface area contributed by atoms with Gasteiger partial charge in [0, 0.05) is 34.7 Å². The first kappa shape index (κ1) is 16.2. The highest BCUT2D eigenvalue weighted by Crippen LogP contribution is 2.34. The van der Waals surface area contributed by atoms with Crippen molar-refractivity contribution >= 4 is 50.9 Å². The number of anilines is 1. The third-order valence-electron chi connectivity index (χ3n) is 3.66. The third kappa shape index (κ3) is 3.48. The van der Waals surface area contributed by atoms with Gasteiger partial charge in [0.25, 0.3) is 0 Å². The van der Waals surface area contributed by atoms with E-state index >= 15 is 0 Å². The average molecular weight is 347 g/mol. The number of halogens is 1. The number of fused-ring (bicyclic) bond motifs is 2. The summed E-state index contributed by atoms with van der Waals surface area (Å²) in [5.41, 5.74) is 2.99. The van der Waals surface area contributed by atoms with Crippen LogP contribution in [0.5, 0.6) is 5.75 Å². The predicted octanol–water partition coefficient (Wildman–Crippen LogP) is 4.78. The number of pyridine rings is 1. The molecular formula is C18H19ClN2OS. The second-order valence-electron chi connectivity index (χ2n) is 5.09. The molecule has 3 nitrogen and oxygen atoms in total. The van der Waals surface area contributed by atoms with E-state index in [2.05, 4.69) is 17.4 Å². The second kappa shape index (κ2) is 7.75. The first-order chi connectivity index (χ1) is 11.3. The highest BCUT2D eigenvalue weighted by atomic mass is 35.5. The number of hydrogen-bond acceptors (Lipinski definition) is 4.